The van der Waals surface area contributed by atoms with Gasteiger partial charge in [-0.25, -0.2) is 12.7 Å². The zero-order valence-electron chi connectivity index (χ0n) is 12.1. The highest BCUT2D eigenvalue weighted by molar-refractivity contribution is 7.89. The van der Waals surface area contributed by atoms with E-state index in [-0.39, 0.29) is 23.9 Å². The number of carbonyl (C=O) groups excluding carboxylic acids is 1. The van der Waals surface area contributed by atoms with E-state index in [0.717, 1.165) is 4.31 Å². The van der Waals surface area contributed by atoms with Gasteiger partial charge in [-0.05, 0) is 5.92 Å². The smallest absolute Gasteiger partial charge is 0.273 e. The SMILES string of the molecule is CC(C)c1[nH]nc(C(=O)NCCS(=O)(=O)N(C)C)c1N. The maximum atomic E-state index is 11.9. The average molecular weight is 303 g/mol. The first-order valence-electron chi connectivity index (χ1n) is 6.19. The number of carbonyl (C=O) groups is 1. The molecule has 9 heteroatoms. The van der Waals surface area contributed by atoms with Crippen molar-refractivity contribution in [1.82, 2.24) is 19.8 Å². The fourth-order valence-electron chi connectivity index (χ4n) is 1.54. The van der Waals surface area contributed by atoms with E-state index >= 15 is 0 Å². The molecule has 1 amide bonds. The lowest BCUT2D eigenvalue weighted by molar-refractivity contribution is 0.0952. The number of hydrogen-bond acceptors (Lipinski definition) is 5. The number of nitrogen functional groups attached to an aromatic ring is 1. The molecule has 0 bridgehead atoms. The molecule has 4 N–H and O–H groups in total. The predicted molar refractivity (Wildman–Crippen MR) is 76.9 cm³/mol. The summed E-state index contributed by atoms with van der Waals surface area (Å²) in [6, 6.07) is 0. The zero-order chi connectivity index (χ0) is 15.5. The molecule has 1 aromatic heterocycles. The molecule has 0 aliphatic rings. The number of aromatic nitrogens is 2. The highest BCUT2D eigenvalue weighted by Crippen LogP contribution is 2.21. The molecule has 0 saturated carbocycles. The van der Waals surface area contributed by atoms with Crippen LogP contribution >= 0.6 is 0 Å². The normalized spacial score (nSPS) is 12.1. The van der Waals surface area contributed by atoms with Gasteiger partial charge in [-0.15, -0.1) is 0 Å². The van der Waals surface area contributed by atoms with Gasteiger partial charge in [0, 0.05) is 20.6 Å². The number of anilines is 1. The van der Waals surface area contributed by atoms with E-state index in [9.17, 15) is 13.2 Å². The van der Waals surface area contributed by atoms with Crippen LogP contribution in [0, 0.1) is 0 Å². The van der Waals surface area contributed by atoms with E-state index in [4.69, 9.17) is 5.73 Å². The Hall–Kier alpha value is -1.61. The Morgan fingerprint density at radius 3 is 2.50 bits per heavy atom. The Morgan fingerprint density at radius 1 is 1.45 bits per heavy atom. The van der Waals surface area contributed by atoms with Crippen LogP contribution in [0.15, 0.2) is 0 Å². The fraction of sp³-hybridized carbons (Fsp3) is 0.636. The molecule has 0 saturated heterocycles. The molecule has 1 aromatic rings. The van der Waals surface area contributed by atoms with Gasteiger partial charge in [0.2, 0.25) is 10.0 Å². The van der Waals surface area contributed by atoms with Crippen molar-refractivity contribution in [2.45, 2.75) is 19.8 Å². The van der Waals surface area contributed by atoms with E-state index in [0.29, 0.717) is 11.4 Å². The third kappa shape index (κ3) is 3.70. The highest BCUT2D eigenvalue weighted by Gasteiger charge is 2.19. The molecule has 0 fully saturated rings. The minimum Gasteiger partial charge on any atom is -0.395 e. The Morgan fingerprint density at radius 2 is 2.05 bits per heavy atom. The number of amides is 1. The first-order chi connectivity index (χ1) is 9.16. The number of nitrogens with zero attached hydrogens (tertiary/aromatic N) is 2. The van der Waals surface area contributed by atoms with Gasteiger partial charge in [-0.1, -0.05) is 13.8 Å². The average Bonchev–Trinajstić information content (AvgIpc) is 2.70. The van der Waals surface area contributed by atoms with Gasteiger partial charge in [0.1, 0.15) is 0 Å². The summed E-state index contributed by atoms with van der Waals surface area (Å²) in [4.78, 5) is 11.9. The van der Waals surface area contributed by atoms with Gasteiger partial charge < -0.3 is 11.1 Å². The summed E-state index contributed by atoms with van der Waals surface area (Å²) in [6.07, 6.45) is 0. The summed E-state index contributed by atoms with van der Waals surface area (Å²) in [5, 5.41) is 9.08. The number of H-pyrrole nitrogens is 1. The van der Waals surface area contributed by atoms with Crippen molar-refractivity contribution in [3.05, 3.63) is 11.4 Å². The third-order valence-corrected chi connectivity index (χ3v) is 4.66. The lowest BCUT2D eigenvalue weighted by atomic mass is 10.1. The summed E-state index contributed by atoms with van der Waals surface area (Å²) in [5.74, 6) is -0.537. The van der Waals surface area contributed by atoms with Crippen molar-refractivity contribution in [3.63, 3.8) is 0 Å². The molecule has 0 radical (unpaired) electrons. The molecule has 8 nitrogen and oxygen atoms in total. The summed E-state index contributed by atoms with van der Waals surface area (Å²) in [7, 11) is -0.451. The van der Waals surface area contributed by atoms with Crippen LogP contribution in [0.5, 0.6) is 0 Å². The van der Waals surface area contributed by atoms with Gasteiger partial charge >= 0.3 is 0 Å². The first-order valence-corrected chi connectivity index (χ1v) is 7.80. The Labute approximate surface area is 118 Å². The zero-order valence-corrected chi connectivity index (χ0v) is 12.9. The topological polar surface area (TPSA) is 121 Å². The predicted octanol–water partition coefficient (Wildman–Crippen LogP) is -0.263. The standard InChI is InChI=1S/C11H21N5O3S/c1-7(2)9-8(12)10(15-14-9)11(17)13-5-6-20(18,19)16(3)4/h7H,5-6,12H2,1-4H3,(H,13,17)(H,14,15). The van der Waals surface area contributed by atoms with Crippen molar-refractivity contribution in [2.24, 2.45) is 0 Å². The van der Waals surface area contributed by atoms with Gasteiger partial charge in [0.05, 0.1) is 17.1 Å². The number of nitrogens with two attached hydrogens (primary N) is 1. The Balaban J connectivity index is 2.65. The van der Waals surface area contributed by atoms with E-state index in [1.807, 2.05) is 13.8 Å². The summed E-state index contributed by atoms with van der Waals surface area (Å²) in [5.41, 5.74) is 6.91. The van der Waals surface area contributed by atoms with E-state index < -0.39 is 15.9 Å². The second-order valence-corrected chi connectivity index (χ2v) is 7.21. The molecule has 1 rings (SSSR count). The van der Waals surface area contributed by atoms with Crippen molar-refractivity contribution >= 4 is 21.6 Å². The van der Waals surface area contributed by atoms with E-state index in [1.165, 1.54) is 14.1 Å². The first kappa shape index (κ1) is 16.4. The molecule has 0 aliphatic heterocycles. The third-order valence-electron chi connectivity index (χ3n) is 2.83. The van der Waals surface area contributed by atoms with Crippen molar-refractivity contribution in [1.29, 1.82) is 0 Å². The maximum absolute atomic E-state index is 11.9. The number of hydrogen-bond donors (Lipinski definition) is 3. The van der Waals surface area contributed by atoms with Gasteiger partial charge in [-0.2, -0.15) is 5.10 Å². The maximum Gasteiger partial charge on any atom is 0.273 e. The van der Waals surface area contributed by atoms with Gasteiger partial charge in [-0.3, -0.25) is 9.89 Å². The largest absolute Gasteiger partial charge is 0.395 e. The van der Waals surface area contributed by atoms with E-state index in [1.54, 1.807) is 0 Å². The molecule has 0 unspecified atom stereocenters. The van der Waals surface area contributed by atoms with Crippen LogP contribution in [-0.4, -0.2) is 55.2 Å². The van der Waals surface area contributed by atoms with Crippen molar-refractivity contribution in [2.75, 3.05) is 32.1 Å². The molecular formula is C11H21N5O3S. The van der Waals surface area contributed by atoms with Gasteiger partial charge in [0.15, 0.2) is 5.69 Å². The van der Waals surface area contributed by atoms with Crippen LogP contribution in [0.1, 0.15) is 35.9 Å². The molecule has 0 aliphatic carbocycles. The summed E-state index contributed by atoms with van der Waals surface area (Å²) >= 11 is 0. The Kier molecular flexibility index (Phi) is 5.12. The molecule has 1 heterocycles. The number of nitrogens with one attached hydrogen (secondary N) is 2. The van der Waals surface area contributed by atoms with Crippen LogP contribution in [0.25, 0.3) is 0 Å². The number of aromatic amines is 1. The highest BCUT2D eigenvalue weighted by atomic mass is 32.2. The fourth-order valence-corrected chi connectivity index (χ4v) is 2.26. The van der Waals surface area contributed by atoms with Gasteiger partial charge in [0.25, 0.3) is 5.91 Å². The van der Waals surface area contributed by atoms with Crippen LogP contribution in [0.2, 0.25) is 0 Å². The molecule has 0 aromatic carbocycles. The number of rotatable bonds is 6. The minimum absolute atomic E-state index is 0.00264. The van der Waals surface area contributed by atoms with Crippen molar-refractivity contribution in [3.8, 4) is 0 Å². The summed E-state index contributed by atoms with van der Waals surface area (Å²) < 4.78 is 24.2. The molecule has 114 valence electrons. The lowest BCUT2D eigenvalue weighted by Crippen LogP contribution is -2.34. The molecular weight excluding hydrogens is 282 g/mol. The quantitative estimate of drug-likeness (QED) is 0.668. The monoisotopic (exact) mass is 303 g/mol. The second kappa shape index (κ2) is 6.23. The van der Waals surface area contributed by atoms with Crippen LogP contribution in [0.3, 0.4) is 0 Å². The minimum atomic E-state index is -3.34. The second-order valence-electron chi connectivity index (χ2n) is 4.91. The molecule has 20 heavy (non-hydrogen) atoms. The summed E-state index contributed by atoms with van der Waals surface area (Å²) in [6.45, 7) is 3.85. The van der Waals surface area contributed by atoms with Crippen LogP contribution in [-0.2, 0) is 10.0 Å². The van der Waals surface area contributed by atoms with Crippen molar-refractivity contribution < 1.29 is 13.2 Å². The molecule has 0 atom stereocenters. The Bertz CT molecular complexity index is 577. The van der Waals surface area contributed by atoms with Crippen LogP contribution < -0.4 is 11.1 Å². The number of sulfonamides is 1. The van der Waals surface area contributed by atoms with Crippen LogP contribution in [0.4, 0.5) is 5.69 Å². The molecule has 0 spiro atoms. The lowest BCUT2D eigenvalue weighted by Gasteiger charge is -2.11. The van der Waals surface area contributed by atoms with E-state index in [2.05, 4.69) is 15.5 Å².